The second-order valence-electron chi connectivity index (χ2n) is 7.18. The molecule has 2 aromatic carbocycles. The molecule has 0 aliphatic carbocycles. The monoisotopic (exact) mass is 400 g/mol. The van der Waals surface area contributed by atoms with Gasteiger partial charge in [-0.05, 0) is 31.2 Å². The quantitative estimate of drug-likeness (QED) is 0.441. The van der Waals surface area contributed by atoms with Crippen LogP contribution in [0.5, 0.6) is 17.2 Å². The van der Waals surface area contributed by atoms with Crippen LogP contribution < -0.4 is 5.43 Å². The Kier molecular flexibility index (Phi) is 4.70. The summed E-state index contributed by atoms with van der Waals surface area (Å²) in [5.41, 5.74) is -0.0623. The number of rotatable bonds is 2. The number of ether oxygens (including phenoxy) is 1. The highest BCUT2D eigenvalue weighted by molar-refractivity contribution is 5.88. The Morgan fingerprint density at radius 2 is 1.72 bits per heavy atom. The van der Waals surface area contributed by atoms with Crippen LogP contribution in [0, 0.1) is 0 Å². The van der Waals surface area contributed by atoms with Crippen LogP contribution in [0.2, 0.25) is 0 Å². The molecule has 1 saturated heterocycles. The van der Waals surface area contributed by atoms with Gasteiger partial charge in [0.15, 0.2) is 5.43 Å². The zero-order valence-corrected chi connectivity index (χ0v) is 15.4. The third-order valence-electron chi connectivity index (χ3n) is 5.19. The fraction of sp³-hybridized carbons (Fsp3) is 0.286. The lowest BCUT2D eigenvalue weighted by Crippen LogP contribution is -2.43. The minimum Gasteiger partial charge on any atom is -0.508 e. The Labute approximate surface area is 164 Å². The van der Waals surface area contributed by atoms with E-state index < -0.39 is 35.6 Å². The van der Waals surface area contributed by atoms with E-state index in [1.165, 1.54) is 24.3 Å². The van der Waals surface area contributed by atoms with E-state index >= 15 is 0 Å². The summed E-state index contributed by atoms with van der Waals surface area (Å²) in [5, 5.41) is 50.4. The summed E-state index contributed by atoms with van der Waals surface area (Å²) in [4.78, 5) is 12.7. The molecule has 8 heteroatoms. The molecule has 1 aromatic heterocycles. The molecule has 3 aromatic rings. The van der Waals surface area contributed by atoms with E-state index in [9.17, 15) is 30.3 Å². The Balaban J connectivity index is 1.84. The second kappa shape index (κ2) is 7.07. The highest BCUT2D eigenvalue weighted by Crippen LogP contribution is 2.44. The summed E-state index contributed by atoms with van der Waals surface area (Å²) in [6.07, 6.45) is -3.90. The lowest BCUT2D eigenvalue weighted by atomic mass is 9.92. The van der Waals surface area contributed by atoms with Crippen molar-refractivity contribution < 1.29 is 34.7 Å². The summed E-state index contributed by atoms with van der Waals surface area (Å²) in [5.74, 6) is -0.588. The minimum atomic E-state index is -1.11. The molecule has 4 rings (SSSR count). The van der Waals surface area contributed by atoms with Crippen molar-refractivity contribution in [2.24, 2.45) is 0 Å². The van der Waals surface area contributed by atoms with E-state index in [1.54, 1.807) is 19.1 Å². The van der Waals surface area contributed by atoms with E-state index in [-0.39, 0.29) is 40.2 Å². The average Bonchev–Trinajstić information content (AvgIpc) is 2.65. The molecule has 5 N–H and O–H groups in total. The van der Waals surface area contributed by atoms with Crippen molar-refractivity contribution in [3.63, 3.8) is 0 Å². The van der Waals surface area contributed by atoms with Crippen LogP contribution in [0.1, 0.15) is 25.0 Å². The van der Waals surface area contributed by atoms with E-state index in [0.29, 0.717) is 5.56 Å². The number of aliphatic hydroxyl groups excluding tert-OH is 2. The molecule has 1 fully saturated rings. The smallest absolute Gasteiger partial charge is 0.197 e. The molecule has 8 nitrogen and oxygen atoms in total. The molecule has 2 heterocycles. The van der Waals surface area contributed by atoms with Gasteiger partial charge in [-0.1, -0.05) is 0 Å². The van der Waals surface area contributed by atoms with Gasteiger partial charge in [0, 0.05) is 24.1 Å². The van der Waals surface area contributed by atoms with Crippen molar-refractivity contribution in [2.45, 2.75) is 37.8 Å². The molecule has 1 aliphatic heterocycles. The number of phenols is 3. The van der Waals surface area contributed by atoms with Crippen LogP contribution >= 0.6 is 0 Å². The van der Waals surface area contributed by atoms with Crippen molar-refractivity contribution in [1.29, 1.82) is 0 Å². The van der Waals surface area contributed by atoms with Crippen molar-refractivity contribution in [3.8, 4) is 28.6 Å². The minimum absolute atomic E-state index is 0.0243. The van der Waals surface area contributed by atoms with E-state index in [1.807, 2.05) is 0 Å². The summed E-state index contributed by atoms with van der Waals surface area (Å²) in [6.45, 7) is 1.56. The topological polar surface area (TPSA) is 141 Å². The average molecular weight is 400 g/mol. The van der Waals surface area contributed by atoms with Crippen LogP contribution in [0.15, 0.2) is 45.6 Å². The van der Waals surface area contributed by atoms with Gasteiger partial charge in [-0.25, -0.2) is 0 Å². The van der Waals surface area contributed by atoms with Gasteiger partial charge in [-0.3, -0.25) is 4.79 Å². The first-order valence-electron chi connectivity index (χ1n) is 9.10. The van der Waals surface area contributed by atoms with Gasteiger partial charge in [0.1, 0.15) is 40.1 Å². The maximum atomic E-state index is 12.7. The van der Waals surface area contributed by atoms with Crippen LogP contribution in [-0.2, 0) is 4.74 Å². The van der Waals surface area contributed by atoms with Crippen LogP contribution in [0.25, 0.3) is 22.3 Å². The molecule has 0 bridgehead atoms. The van der Waals surface area contributed by atoms with Gasteiger partial charge < -0.3 is 34.7 Å². The summed E-state index contributed by atoms with van der Waals surface area (Å²) in [7, 11) is 0. The van der Waals surface area contributed by atoms with Gasteiger partial charge in [0.2, 0.25) is 0 Å². The van der Waals surface area contributed by atoms with Crippen LogP contribution in [-0.4, -0.2) is 43.8 Å². The van der Waals surface area contributed by atoms with Crippen LogP contribution in [0.3, 0.4) is 0 Å². The first-order chi connectivity index (χ1) is 13.8. The largest absolute Gasteiger partial charge is 0.508 e. The van der Waals surface area contributed by atoms with E-state index in [2.05, 4.69) is 0 Å². The lowest BCUT2D eigenvalue weighted by Gasteiger charge is -2.36. The molecule has 4 atom stereocenters. The first-order valence-corrected chi connectivity index (χ1v) is 9.10. The highest BCUT2D eigenvalue weighted by atomic mass is 16.5. The Hall–Kier alpha value is -3.07. The second-order valence-corrected chi connectivity index (χ2v) is 7.18. The molecular weight excluding hydrogens is 380 g/mol. The fourth-order valence-corrected chi connectivity index (χ4v) is 3.64. The number of phenolic OH excluding ortho intramolecular Hbond substituents is 3. The summed E-state index contributed by atoms with van der Waals surface area (Å²) >= 11 is 0. The van der Waals surface area contributed by atoms with Gasteiger partial charge in [0.25, 0.3) is 0 Å². The third-order valence-corrected chi connectivity index (χ3v) is 5.19. The lowest BCUT2D eigenvalue weighted by molar-refractivity contribution is -0.164. The van der Waals surface area contributed by atoms with Gasteiger partial charge >= 0.3 is 0 Å². The molecule has 152 valence electrons. The van der Waals surface area contributed by atoms with Gasteiger partial charge in [-0.2, -0.15) is 0 Å². The van der Waals surface area contributed by atoms with E-state index in [0.717, 1.165) is 0 Å². The van der Waals surface area contributed by atoms with Crippen molar-refractivity contribution >= 4 is 11.0 Å². The van der Waals surface area contributed by atoms with Crippen molar-refractivity contribution in [3.05, 3.63) is 52.2 Å². The van der Waals surface area contributed by atoms with Crippen LogP contribution in [0.4, 0.5) is 0 Å². The normalized spacial score (nSPS) is 24.7. The zero-order chi connectivity index (χ0) is 20.9. The van der Waals surface area contributed by atoms with Gasteiger partial charge in [-0.15, -0.1) is 0 Å². The summed E-state index contributed by atoms with van der Waals surface area (Å²) < 4.78 is 11.3. The number of fused-ring (bicyclic) bond motifs is 1. The summed E-state index contributed by atoms with van der Waals surface area (Å²) in [6, 6.07) is 8.44. The molecule has 0 unspecified atom stereocenters. The first kappa shape index (κ1) is 19.3. The Morgan fingerprint density at radius 3 is 2.38 bits per heavy atom. The van der Waals surface area contributed by atoms with Gasteiger partial charge in [0.05, 0.1) is 23.9 Å². The maximum absolute atomic E-state index is 12.7. The third kappa shape index (κ3) is 3.31. The van der Waals surface area contributed by atoms with Crippen molar-refractivity contribution in [2.75, 3.05) is 0 Å². The SMILES string of the molecule is C[C@H]1O[C@H](c2c(O)cc3oc(-c4ccc(O)cc4)cc(=O)c3c2O)C[C@@H](O)[C@H]1O. The maximum Gasteiger partial charge on any atom is 0.197 e. The molecule has 29 heavy (non-hydrogen) atoms. The standard InChI is InChI=1S/C21H20O8/c1-9-20(26)14(25)8-16(28-9)18-13(24)7-17-19(21(18)27)12(23)6-15(29-17)10-2-4-11(22)5-3-10/h2-7,9,14,16,20,22,24-27H,8H2,1H3/t9-,14-,16+,20+/m1/s1. The zero-order valence-electron chi connectivity index (χ0n) is 15.4. The molecule has 1 aliphatic rings. The number of hydrogen-bond acceptors (Lipinski definition) is 8. The predicted octanol–water partition coefficient (Wildman–Crippen LogP) is 2.15. The highest BCUT2D eigenvalue weighted by Gasteiger charge is 2.37. The number of aromatic hydroxyl groups is 3. The Bertz CT molecular complexity index is 1110. The van der Waals surface area contributed by atoms with Crippen molar-refractivity contribution in [1.82, 2.24) is 0 Å². The molecule has 0 spiro atoms. The number of hydrogen-bond donors (Lipinski definition) is 5. The number of aliphatic hydroxyl groups is 2. The molecular formula is C21H20O8. The molecule has 0 saturated carbocycles. The molecule has 0 radical (unpaired) electrons. The number of benzene rings is 2. The molecule has 0 amide bonds. The predicted molar refractivity (Wildman–Crippen MR) is 103 cm³/mol. The fourth-order valence-electron chi connectivity index (χ4n) is 3.64. The van der Waals surface area contributed by atoms with E-state index in [4.69, 9.17) is 9.15 Å². The Morgan fingerprint density at radius 1 is 1.03 bits per heavy atom.